The second-order valence-electron chi connectivity index (χ2n) is 9.87. The molecule has 2 aromatic carbocycles. The number of ketones is 1. The summed E-state index contributed by atoms with van der Waals surface area (Å²) < 4.78 is 0. The van der Waals surface area contributed by atoms with Crippen molar-refractivity contribution in [3.05, 3.63) is 82.4 Å². The van der Waals surface area contributed by atoms with Crippen LogP contribution in [-0.2, 0) is 12.8 Å². The van der Waals surface area contributed by atoms with Gasteiger partial charge in [-0.2, -0.15) is 0 Å². The van der Waals surface area contributed by atoms with E-state index in [0.29, 0.717) is 22.0 Å². The maximum Gasteiger partial charge on any atom is 0.205 e. The van der Waals surface area contributed by atoms with E-state index in [0.717, 1.165) is 40.6 Å². The van der Waals surface area contributed by atoms with Gasteiger partial charge in [-0.3, -0.25) is 4.79 Å². The van der Waals surface area contributed by atoms with Crippen LogP contribution in [0.4, 0.5) is 5.69 Å². The van der Waals surface area contributed by atoms with Crippen LogP contribution in [0.25, 0.3) is 21.3 Å². The first-order chi connectivity index (χ1) is 15.3. The average molecular weight is 441 g/mol. The van der Waals surface area contributed by atoms with Gasteiger partial charge >= 0.3 is 0 Å². The van der Waals surface area contributed by atoms with Gasteiger partial charge in [0.15, 0.2) is 0 Å². The Bertz CT molecular complexity index is 1300. The Hall–Kier alpha value is -2.98. The van der Waals surface area contributed by atoms with Crippen molar-refractivity contribution < 1.29 is 4.79 Å². The highest BCUT2D eigenvalue weighted by Crippen LogP contribution is 2.41. The molecule has 0 spiro atoms. The number of hydrogen-bond acceptors (Lipinski definition) is 4. The smallest absolute Gasteiger partial charge is 0.205 e. The lowest BCUT2D eigenvalue weighted by molar-refractivity contribution is 0.104. The lowest BCUT2D eigenvalue weighted by Crippen LogP contribution is -2.27. The van der Waals surface area contributed by atoms with Crippen LogP contribution >= 0.6 is 11.3 Å². The SMILES string of the molecule is CC(C)(C)C1CCc2nc3sc(C(=O)c4ccc(-c5ccccc5)cc4)c(N)c3cc2C1. The summed E-state index contributed by atoms with van der Waals surface area (Å²) in [6.07, 6.45) is 3.19. The topological polar surface area (TPSA) is 56.0 Å². The molecule has 1 atom stereocenters. The number of thiophene rings is 1. The summed E-state index contributed by atoms with van der Waals surface area (Å²) in [4.78, 5) is 19.7. The van der Waals surface area contributed by atoms with Crippen LogP contribution in [-0.4, -0.2) is 10.8 Å². The second-order valence-corrected chi connectivity index (χ2v) is 10.9. The van der Waals surface area contributed by atoms with E-state index < -0.39 is 0 Å². The molecule has 1 unspecified atom stereocenters. The number of benzene rings is 2. The van der Waals surface area contributed by atoms with Crippen LogP contribution in [0, 0.1) is 11.3 Å². The zero-order valence-corrected chi connectivity index (χ0v) is 19.6. The molecule has 5 rings (SSSR count). The van der Waals surface area contributed by atoms with Gasteiger partial charge in [0.25, 0.3) is 0 Å². The van der Waals surface area contributed by atoms with Crippen LogP contribution in [0.1, 0.15) is 53.7 Å². The number of hydrogen-bond donors (Lipinski definition) is 1. The second kappa shape index (κ2) is 7.86. The van der Waals surface area contributed by atoms with E-state index in [1.165, 1.54) is 22.6 Å². The van der Waals surface area contributed by atoms with Gasteiger partial charge in [0, 0.05) is 16.6 Å². The Balaban J connectivity index is 1.47. The average Bonchev–Trinajstić information content (AvgIpc) is 3.12. The van der Waals surface area contributed by atoms with Crippen LogP contribution in [0.3, 0.4) is 0 Å². The summed E-state index contributed by atoms with van der Waals surface area (Å²) in [7, 11) is 0. The zero-order chi connectivity index (χ0) is 22.5. The fourth-order valence-corrected chi connectivity index (χ4v) is 5.73. The van der Waals surface area contributed by atoms with Crippen molar-refractivity contribution >= 4 is 33.0 Å². The normalized spacial score (nSPS) is 16.2. The maximum atomic E-state index is 13.3. The van der Waals surface area contributed by atoms with Crippen molar-refractivity contribution in [1.29, 1.82) is 0 Å². The molecule has 2 heterocycles. The molecule has 0 bridgehead atoms. The van der Waals surface area contributed by atoms with Gasteiger partial charge in [-0.1, -0.05) is 75.4 Å². The number of carbonyl (C=O) groups is 1. The van der Waals surface area contributed by atoms with Crippen LogP contribution < -0.4 is 5.73 Å². The number of aromatic nitrogens is 1. The number of nitrogens with zero attached hydrogens (tertiary/aromatic N) is 1. The summed E-state index contributed by atoms with van der Waals surface area (Å²) in [6.45, 7) is 6.94. The van der Waals surface area contributed by atoms with Crippen molar-refractivity contribution in [2.24, 2.45) is 11.3 Å². The summed E-state index contributed by atoms with van der Waals surface area (Å²) in [6, 6.07) is 20.1. The van der Waals surface area contributed by atoms with E-state index in [9.17, 15) is 4.79 Å². The fourth-order valence-electron chi connectivity index (χ4n) is 4.67. The van der Waals surface area contributed by atoms with Crippen molar-refractivity contribution in [1.82, 2.24) is 4.98 Å². The molecular weight excluding hydrogens is 412 g/mol. The minimum atomic E-state index is -0.0318. The van der Waals surface area contributed by atoms with E-state index >= 15 is 0 Å². The molecule has 4 heteroatoms. The van der Waals surface area contributed by atoms with E-state index in [4.69, 9.17) is 10.7 Å². The van der Waals surface area contributed by atoms with Gasteiger partial charge in [0.1, 0.15) is 9.71 Å². The van der Waals surface area contributed by atoms with Gasteiger partial charge < -0.3 is 5.73 Å². The molecule has 1 aliphatic rings. The quantitative estimate of drug-likeness (QED) is 0.352. The molecular formula is C28H28N2OS. The number of carbonyl (C=O) groups excluding carboxylic acids is 1. The van der Waals surface area contributed by atoms with Crippen molar-refractivity contribution in [3.63, 3.8) is 0 Å². The number of aryl methyl sites for hydroxylation is 1. The predicted octanol–water partition coefficient (Wildman–Crippen LogP) is 6.93. The molecule has 0 aliphatic heterocycles. The van der Waals surface area contributed by atoms with Gasteiger partial charge in [0.2, 0.25) is 5.78 Å². The summed E-state index contributed by atoms with van der Waals surface area (Å²) >= 11 is 1.42. The van der Waals surface area contributed by atoms with E-state index in [2.05, 4.69) is 39.0 Å². The molecule has 3 nitrogen and oxygen atoms in total. The number of nitrogen functional groups attached to an aromatic ring is 1. The van der Waals surface area contributed by atoms with Gasteiger partial charge in [-0.25, -0.2) is 4.98 Å². The third kappa shape index (κ3) is 3.73. The third-order valence-electron chi connectivity index (χ3n) is 6.77. The Morgan fingerprint density at radius 2 is 1.72 bits per heavy atom. The lowest BCUT2D eigenvalue weighted by Gasteiger charge is -2.34. The molecule has 2 aromatic heterocycles. The Labute approximate surface area is 193 Å². The van der Waals surface area contributed by atoms with E-state index in [-0.39, 0.29) is 11.2 Å². The highest BCUT2D eigenvalue weighted by molar-refractivity contribution is 7.21. The molecule has 162 valence electrons. The van der Waals surface area contributed by atoms with Gasteiger partial charge in [-0.05, 0) is 53.4 Å². The first kappa shape index (κ1) is 20.9. The molecule has 2 N–H and O–H groups in total. The van der Waals surface area contributed by atoms with Crippen LogP contribution in [0.15, 0.2) is 60.7 Å². The van der Waals surface area contributed by atoms with Crippen LogP contribution in [0.2, 0.25) is 0 Å². The maximum absolute atomic E-state index is 13.3. The minimum absolute atomic E-state index is 0.0318. The van der Waals surface area contributed by atoms with Crippen molar-refractivity contribution in [2.75, 3.05) is 5.73 Å². The Kier molecular flexibility index (Phi) is 5.13. The molecule has 0 saturated heterocycles. The molecule has 0 radical (unpaired) electrons. The fraction of sp³-hybridized carbons (Fsp3) is 0.286. The number of rotatable bonds is 3. The van der Waals surface area contributed by atoms with Crippen molar-refractivity contribution in [2.45, 2.75) is 40.0 Å². The molecule has 4 aromatic rings. The minimum Gasteiger partial charge on any atom is -0.397 e. The zero-order valence-electron chi connectivity index (χ0n) is 18.8. The van der Waals surface area contributed by atoms with E-state index in [1.807, 2.05) is 42.5 Å². The largest absolute Gasteiger partial charge is 0.397 e. The molecule has 0 fully saturated rings. The molecule has 1 aliphatic carbocycles. The van der Waals surface area contributed by atoms with Crippen molar-refractivity contribution in [3.8, 4) is 11.1 Å². The first-order valence-corrected chi connectivity index (χ1v) is 12.0. The summed E-state index contributed by atoms with van der Waals surface area (Å²) in [5.41, 5.74) is 12.7. The number of fused-ring (bicyclic) bond motifs is 2. The van der Waals surface area contributed by atoms with E-state index in [1.54, 1.807) is 0 Å². The standard InChI is InChI=1S/C28H28N2OS/c1-28(2,3)21-13-14-23-20(15-21)16-22-24(29)26(32-27(22)30-23)25(31)19-11-9-18(10-12-19)17-7-5-4-6-8-17/h4-12,16,21H,13-15,29H2,1-3H3. The molecule has 0 amide bonds. The third-order valence-corrected chi connectivity index (χ3v) is 7.88. The number of anilines is 1. The number of nitrogens with two attached hydrogens (primary N) is 1. The summed E-state index contributed by atoms with van der Waals surface area (Å²) in [5, 5.41) is 0.924. The molecule has 32 heavy (non-hydrogen) atoms. The predicted molar refractivity (Wildman–Crippen MR) is 134 cm³/mol. The number of pyridine rings is 1. The first-order valence-electron chi connectivity index (χ1n) is 11.2. The molecule has 0 saturated carbocycles. The highest BCUT2D eigenvalue weighted by Gasteiger charge is 2.30. The lowest BCUT2D eigenvalue weighted by atomic mass is 9.71. The summed E-state index contributed by atoms with van der Waals surface area (Å²) in [5.74, 6) is 0.606. The van der Waals surface area contributed by atoms with Gasteiger partial charge in [-0.15, -0.1) is 11.3 Å². The Morgan fingerprint density at radius 3 is 2.41 bits per heavy atom. The highest BCUT2D eigenvalue weighted by atomic mass is 32.1. The van der Waals surface area contributed by atoms with Gasteiger partial charge in [0.05, 0.1) is 5.69 Å². The van der Waals surface area contributed by atoms with Crippen LogP contribution in [0.5, 0.6) is 0 Å². The Morgan fingerprint density at radius 1 is 1.03 bits per heavy atom. The monoisotopic (exact) mass is 440 g/mol.